The van der Waals surface area contributed by atoms with Gasteiger partial charge in [0.25, 0.3) is 5.91 Å². The van der Waals surface area contributed by atoms with Crippen LogP contribution in [0.3, 0.4) is 0 Å². The molecule has 98 valence electrons. The molecule has 2 aromatic heterocycles. The number of hydrogen-bond donors (Lipinski definition) is 3. The lowest BCUT2D eigenvalue weighted by molar-refractivity contribution is 0.0944. The summed E-state index contributed by atoms with van der Waals surface area (Å²) in [5.74, 6) is -0.141. The molecular formula is C13H15N5O. The van der Waals surface area contributed by atoms with E-state index in [2.05, 4.69) is 25.8 Å². The molecule has 6 nitrogen and oxygen atoms in total. The van der Waals surface area contributed by atoms with Gasteiger partial charge in [-0.2, -0.15) is 5.10 Å². The van der Waals surface area contributed by atoms with Crippen LogP contribution in [0.2, 0.25) is 0 Å². The average Bonchev–Trinajstić information content (AvgIpc) is 2.90. The van der Waals surface area contributed by atoms with Crippen molar-refractivity contribution < 1.29 is 4.79 Å². The van der Waals surface area contributed by atoms with Gasteiger partial charge in [0.2, 0.25) is 0 Å². The van der Waals surface area contributed by atoms with Crippen molar-refractivity contribution in [2.24, 2.45) is 0 Å². The highest BCUT2D eigenvalue weighted by Gasteiger charge is 2.21. The normalized spacial score (nSPS) is 13.9. The molecule has 6 heteroatoms. The molecule has 0 atom stereocenters. The Morgan fingerprint density at radius 2 is 2.21 bits per heavy atom. The van der Waals surface area contributed by atoms with Gasteiger partial charge in [-0.15, -0.1) is 0 Å². The summed E-state index contributed by atoms with van der Waals surface area (Å²) in [6, 6.07) is 3.75. The Hall–Kier alpha value is -2.21. The fourth-order valence-electron chi connectivity index (χ4n) is 2.18. The van der Waals surface area contributed by atoms with E-state index < -0.39 is 0 Å². The van der Waals surface area contributed by atoms with Gasteiger partial charge in [-0.1, -0.05) is 0 Å². The van der Waals surface area contributed by atoms with Gasteiger partial charge in [0.15, 0.2) is 5.69 Å². The summed E-state index contributed by atoms with van der Waals surface area (Å²) in [4.78, 5) is 16.1. The Morgan fingerprint density at radius 1 is 1.37 bits per heavy atom. The van der Waals surface area contributed by atoms with Crippen LogP contribution in [0.15, 0.2) is 24.5 Å². The zero-order chi connectivity index (χ0) is 13.1. The van der Waals surface area contributed by atoms with Gasteiger partial charge in [-0.05, 0) is 17.7 Å². The maximum absolute atomic E-state index is 12.1. The summed E-state index contributed by atoms with van der Waals surface area (Å²) in [5.41, 5.74) is 3.56. The van der Waals surface area contributed by atoms with E-state index in [-0.39, 0.29) is 5.91 Å². The molecule has 0 fully saturated rings. The van der Waals surface area contributed by atoms with Gasteiger partial charge in [0.1, 0.15) is 0 Å². The van der Waals surface area contributed by atoms with Gasteiger partial charge >= 0.3 is 0 Å². The van der Waals surface area contributed by atoms with Crippen molar-refractivity contribution in [3.05, 3.63) is 47.0 Å². The van der Waals surface area contributed by atoms with Crippen LogP contribution in [0.25, 0.3) is 0 Å². The zero-order valence-electron chi connectivity index (χ0n) is 10.4. The number of nitrogens with zero attached hydrogens (tertiary/aromatic N) is 2. The molecule has 0 aliphatic carbocycles. The minimum atomic E-state index is -0.141. The summed E-state index contributed by atoms with van der Waals surface area (Å²) < 4.78 is 0. The number of carbonyl (C=O) groups excluding carboxylic acids is 1. The first kappa shape index (κ1) is 11.9. The molecule has 1 aliphatic heterocycles. The lowest BCUT2D eigenvalue weighted by Gasteiger charge is -2.12. The van der Waals surface area contributed by atoms with Crippen molar-refractivity contribution in [3.8, 4) is 0 Å². The predicted molar refractivity (Wildman–Crippen MR) is 69.4 cm³/mol. The Bertz CT molecular complexity index is 578. The van der Waals surface area contributed by atoms with Crippen molar-refractivity contribution >= 4 is 5.91 Å². The first-order valence-electron chi connectivity index (χ1n) is 6.28. The van der Waals surface area contributed by atoms with Crippen LogP contribution in [-0.2, 0) is 19.5 Å². The average molecular weight is 257 g/mol. The standard InChI is InChI=1S/C13H15N5O/c19-13(16-7-9-1-4-14-5-2-9)12-10-8-15-6-3-11(10)17-18-12/h1-2,4-5,15H,3,6-8H2,(H,16,19)(H,17,18). The number of hydrogen-bond acceptors (Lipinski definition) is 4. The molecule has 3 N–H and O–H groups in total. The van der Waals surface area contributed by atoms with Gasteiger partial charge in [0.05, 0.1) is 0 Å². The fraction of sp³-hybridized carbons (Fsp3) is 0.308. The lowest BCUT2D eigenvalue weighted by Crippen LogP contribution is -2.28. The van der Waals surface area contributed by atoms with Crippen LogP contribution in [0.5, 0.6) is 0 Å². The first-order valence-corrected chi connectivity index (χ1v) is 6.28. The topological polar surface area (TPSA) is 82.7 Å². The number of aromatic nitrogens is 3. The maximum Gasteiger partial charge on any atom is 0.272 e. The van der Waals surface area contributed by atoms with Crippen molar-refractivity contribution in [1.29, 1.82) is 0 Å². The summed E-state index contributed by atoms with van der Waals surface area (Å²) in [6.45, 7) is 2.10. The van der Waals surface area contributed by atoms with E-state index in [0.717, 1.165) is 29.8 Å². The van der Waals surface area contributed by atoms with Gasteiger partial charge < -0.3 is 10.6 Å². The van der Waals surface area contributed by atoms with Crippen molar-refractivity contribution in [2.45, 2.75) is 19.5 Å². The van der Waals surface area contributed by atoms with E-state index in [1.165, 1.54) is 0 Å². The number of rotatable bonds is 3. The van der Waals surface area contributed by atoms with Crippen molar-refractivity contribution in [3.63, 3.8) is 0 Å². The van der Waals surface area contributed by atoms with E-state index in [1.807, 2.05) is 12.1 Å². The molecule has 19 heavy (non-hydrogen) atoms. The monoisotopic (exact) mass is 257 g/mol. The third kappa shape index (κ3) is 2.48. The van der Waals surface area contributed by atoms with E-state index >= 15 is 0 Å². The smallest absolute Gasteiger partial charge is 0.272 e. The second-order valence-corrected chi connectivity index (χ2v) is 4.49. The maximum atomic E-state index is 12.1. The van der Waals surface area contributed by atoms with Gasteiger partial charge in [0, 0.05) is 49.7 Å². The molecule has 0 radical (unpaired) electrons. The highest BCUT2D eigenvalue weighted by molar-refractivity contribution is 5.93. The predicted octanol–water partition coefficient (Wildman–Crippen LogP) is 0.380. The summed E-state index contributed by atoms with van der Waals surface area (Å²) in [5, 5.41) is 13.2. The summed E-state index contributed by atoms with van der Waals surface area (Å²) in [6.07, 6.45) is 4.31. The highest BCUT2D eigenvalue weighted by atomic mass is 16.1. The SMILES string of the molecule is O=C(NCc1ccncc1)c1n[nH]c2c1CNCC2. The van der Waals surface area contributed by atoms with E-state index in [4.69, 9.17) is 0 Å². The second-order valence-electron chi connectivity index (χ2n) is 4.49. The van der Waals surface area contributed by atoms with Crippen LogP contribution in [0.1, 0.15) is 27.3 Å². The fourth-order valence-corrected chi connectivity index (χ4v) is 2.18. The Balaban J connectivity index is 1.69. The van der Waals surface area contributed by atoms with E-state index in [9.17, 15) is 4.79 Å². The van der Waals surface area contributed by atoms with Crippen LogP contribution < -0.4 is 10.6 Å². The van der Waals surface area contributed by atoms with Gasteiger partial charge in [-0.3, -0.25) is 14.9 Å². The Morgan fingerprint density at radius 3 is 3.05 bits per heavy atom. The summed E-state index contributed by atoms with van der Waals surface area (Å²) in [7, 11) is 0. The third-order valence-electron chi connectivity index (χ3n) is 3.22. The number of pyridine rings is 1. The molecule has 3 rings (SSSR count). The molecule has 0 spiro atoms. The number of H-pyrrole nitrogens is 1. The Kier molecular flexibility index (Phi) is 3.24. The lowest BCUT2D eigenvalue weighted by atomic mass is 10.1. The number of aromatic amines is 1. The van der Waals surface area contributed by atoms with Crippen LogP contribution >= 0.6 is 0 Å². The number of nitrogens with one attached hydrogen (secondary N) is 3. The van der Waals surface area contributed by atoms with Crippen LogP contribution in [-0.4, -0.2) is 27.6 Å². The number of amides is 1. The quantitative estimate of drug-likeness (QED) is 0.742. The Labute approximate surface area is 110 Å². The molecule has 0 aromatic carbocycles. The van der Waals surface area contributed by atoms with Gasteiger partial charge in [-0.25, -0.2) is 0 Å². The minimum Gasteiger partial charge on any atom is -0.347 e. The largest absolute Gasteiger partial charge is 0.347 e. The van der Waals surface area contributed by atoms with Crippen molar-refractivity contribution in [1.82, 2.24) is 25.8 Å². The van der Waals surface area contributed by atoms with Crippen LogP contribution in [0, 0.1) is 0 Å². The molecule has 2 aromatic rings. The third-order valence-corrected chi connectivity index (χ3v) is 3.22. The molecule has 1 aliphatic rings. The number of carbonyl (C=O) groups is 1. The number of fused-ring (bicyclic) bond motifs is 1. The molecule has 3 heterocycles. The molecule has 0 unspecified atom stereocenters. The second kappa shape index (κ2) is 5.19. The first-order chi connectivity index (χ1) is 9.34. The molecule has 0 bridgehead atoms. The molecular weight excluding hydrogens is 242 g/mol. The molecule has 0 saturated heterocycles. The molecule has 1 amide bonds. The van der Waals surface area contributed by atoms with E-state index in [0.29, 0.717) is 18.8 Å². The van der Waals surface area contributed by atoms with Crippen molar-refractivity contribution in [2.75, 3.05) is 6.54 Å². The van der Waals surface area contributed by atoms with E-state index in [1.54, 1.807) is 12.4 Å². The molecule has 0 saturated carbocycles. The van der Waals surface area contributed by atoms with Crippen LogP contribution in [0.4, 0.5) is 0 Å². The zero-order valence-corrected chi connectivity index (χ0v) is 10.4. The summed E-state index contributed by atoms with van der Waals surface area (Å²) >= 11 is 0. The minimum absolute atomic E-state index is 0.141. The highest BCUT2D eigenvalue weighted by Crippen LogP contribution is 2.15.